The quantitative estimate of drug-likeness (QED) is 0.291. The smallest absolute Gasteiger partial charge is 0.323 e. The molecule has 1 aromatic rings. The molecule has 4 N–H and O–H groups in total. The third kappa shape index (κ3) is 2.99. The highest BCUT2D eigenvalue weighted by atomic mass is 35.5. The standard InChI is InChI=1S/C7H8ClN3O2S/c8-5-2-1-4(14-5)3-10-6(12)7(13)11-9/h1-2H,3,9H2,(H,10,12)(H,11,13). The summed E-state index contributed by atoms with van der Waals surface area (Å²) in [5, 5.41) is 2.38. The van der Waals surface area contributed by atoms with Crippen molar-refractivity contribution >= 4 is 34.8 Å². The molecule has 0 atom stereocenters. The van der Waals surface area contributed by atoms with Gasteiger partial charge in [0.15, 0.2) is 0 Å². The van der Waals surface area contributed by atoms with Crippen molar-refractivity contribution in [3.8, 4) is 0 Å². The summed E-state index contributed by atoms with van der Waals surface area (Å²) in [5.41, 5.74) is 1.73. The minimum Gasteiger partial charge on any atom is -0.343 e. The molecule has 0 spiro atoms. The van der Waals surface area contributed by atoms with Crippen molar-refractivity contribution in [2.24, 2.45) is 5.84 Å². The van der Waals surface area contributed by atoms with Crippen LogP contribution in [0.2, 0.25) is 4.34 Å². The van der Waals surface area contributed by atoms with Crippen molar-refractivity contribution in [1.29, 1.82) is 0 Å². The van der Waals surface area contributed by atoms with Crippen LogP contribution in [-0.4, -0.2) is 11.8 Å². The molecule has 0 saturated carbocycles. The second-order valence-electron chi connectivity index (χ2n) is 2.36. The van der Waals surface area contributed by atoms with E-state index in [1.807, 2.05) is 0 Å². The number of carbonyl (C=O) groups excluding carboxylic acids is 2. The van der Waals surface area contributed by atoms with Gasteiger partial charge in [-0.1, -0.05) is 11.6 Å². The van der Waals surface area contributed by atoms with E-state index in [-0.39, 0.29) is 6.54 Å². The largest absolute Gasteiger partial charge is 0.343 e. The van der Waals surface area contributed by atoms with E-state index < -0.39 is 11.8 Å². The second kappa shape index (κ2) is 4.94. The Kier molecular flexibility index (Phi) is 3.87. The van der Waals surface area contributed by atoms with Crippen molar-refractivity contribution in [1.82, 2.24) is 10.7 Å². The summed E-state index contributed by atoms with van der Waals surface area (Å²) in [5.74, 6) is 3.13. The van der Waals surface area contributed by atoms with E-state index in [1.54, 1.807) is 17.6 Å². The highest BCUT2D eigenvalue weighted by molar-refractivity contribution is 7.16. The molecule has 0 radical (unpaired) electrons. The Hall–Kier alpha value is -1.11. The third-order valence-corrected chi connectivity index (χ3v) is 2.62. The highest BCUT2D eigenvalue weighted by Gasteiger charge is 2.10. The fourth-order valence-electron chi connectivity index (χ4n) is 0.760. The first-order valence-corrected chi connectivity index (χ1v) is 4.86. The molecule has 1 heterocycles. The number of nitrogens with one attached hydrogen (secondary N) is 2. The molecule has 1 aromatic heterocycles. The highest BCUT2D eigenvalue weighted by Crippen LogP contribution is 2.20. The van der Waals surface area contributed by atoms with Crippen molar-refractivity contribution in [3.05, 3.63) is 21.3 Å². The van der Waals surface area contributed by atoms with Gasteiger partial charge in [-0.2, -0.15) is 0 Å². The van der Waals surface area contributed by atoms with E-state index in [2.05, 4.69) is 5.32 Å². The number of hydrogen-bond acceptors (Lipinski definition) is 4. The van der Waals surface area contributed by atoms with Crippen LogP contribution >= 0.6 is 22.9 Å². The normalized spacial score (nSPS) is 9.57. The van der Waals surface area contributed by atoms with Gasteiger partial charge in [-0.05, 0) is 12.1 Å². The molecular formula is C7H8ClN3O2S. The van der Waals surface area contributed by atoms with Gasteiger partial charge in [-0.3, -0.25) is 15.0 Å². The fourth-order valence-corrected chi connectivity index (χ4v) is 1.79. The third-order valence-electron chi connectivity index (χ3n) is 1.39. The van der Waals surface area contributed by atoms with Crippen molar-refractivity contribution in [2.45, 2.75) is 6.54 Å². The SMILES string of the molecule is NNC(=O)C(=O)NCc1ccc(Cl)s1. The van der Waals surface area contributed by atoms with Gasteiger partial charge in [0.1, 0.15) is 0 Å². The maximum Gasteiger partial charge on any atom is 0.323 e. The maximum atomic E-state index is 10.9. The number of amides is 2. The Morgan fingerprint density at radius 2 is 2.14 bits per heavy atom. The summed E-state index contributed by atoms with van der Waals surface area (Å²) in [6.07, 6.45) is 0. The van der Waals surface area contributed by atoms with E-state index in [9.17, 15) is 9.59 Å². The van der Waals surface area contributed by atoms with Crippen LogP contribution in [-0.2, 0) is 16.1 Å². The molecule has 0 aliphatic heterocycles. The molecule has 0 aromatic carbocycles. The van der Waals surface area contributed by atoms with Gasteiger partial charge in [0, 0.05) is 4.88 Å². The van der Waals surface area contributed by atoms with Crippen LogP contribution in [0.5, 0.6) is 0 Å². The molecule has 0 fully saturated rings. The van der Waals surface area contributed by atoms with Crippen LogP contribution in [0.1, 0.15) is 4.88 Å². The average molecular weight is 234 g/mol. The molecule has 0 saturated heterocycles. The molecule has 5 nitrogen and oxygen atoms in total. The summed E-state index contributed by atoms with van der Waals surface area (Å²) in [7, 11) is 0. The Morgan fingerprint density at radius 1 is 1.43 bits per heavy atom. The molecule has 0 bridgehead atoms. The number of hydrazine groups is 1. The lowest BCUT2D eigenvalue weighted by atomic mass is 10.4. The first kappa shape index (κ1) is 11.0. The molecule has 0 unspecified atom stereocenters. The lowest BCUT2D eigenvalue weighted by molar-refractivity contribution is -0.139. The summed E-state index contributed by atoms with van der Waals surface area (Å²) in [4.78, 5) is 22.5. The number of thiophene rings is 1. The van der Waals surface area contributed by atoms with Crippen LogP contribution < -0.4 is 16.6 Å². The Labute approximate surface area is 89.2 Å². The van der Waals surface area contributed by atoms with Crippen molar-refractivity contribution in [2.75, 3.05) is 0 Å². The predicted octanol–water partition coefficient (Wildman–Crippen LogP) is 0.00760. The number of halogens is 1. The summed E-state index contributed by atoms with van der Waals surface area (Å²) >= 11 is 7.01. The van der Waals surface area contributed by atoms with Crippen LogP contribution in [0.3, 0.4) is 0 Å². The minimum absolute atomic E-state index is 0.268. The predicted molar refractivity (Wildman–Crippen MR) is 53.5 cm³/mol. The Balaban J connectivity index is 2.41. The number of rotatable bonds is 2. The Morgan fingerprint density at radius 3 is 2.64 bits per heavy atom. The van der Waals surface area contributed by atoms with Crippen molar-refractivity contribution < 1.29 is 9.59 Å². The number of carbonyl (C=O) groups is 2. The van der Waals surface area contributed by atoms with Gasteiger partial charge in [0.05, 0.1) is 10.9 Å². The van der Waals surface area contributed by atoms with Crippen LogP contribution in [0.15, 0.2) is 12.1 Å². The second-order valence-corrected chi connectivity index (χ2v) is 4.16. The maximum absolute atomic E-state index is 10.9. The summed E-state index contributed by atoms with van der Waals surface area (Å²) in [6, 6.07) is 3.49. The zero-order valence-corrected chi connectivity index (χ0v) is 8.61. The lowest BCUT2D eigenvalue weighted by Crippen LogP contribution is -2.42. The minimum atomic E-state index is -0.868. The average Bonchev–Trinajstić information content (AvgIpc) is 2.59. The summed E-state index contributed by atoms with van der Waals surface area (Å²) < 4.78 is 0.637. The van der Waals surface area contributed by atoms with Gasteiger partial charge in [0.2, 0.25) is 0 Å². The van der Waals surface area contributed by atoms with Gasteiger partial charge < -0.3 is 5.32 Å². The molecule has 2 amide bonds. The monoisotopic (exact) mass is 233 g/mol. The van der Waals surface area contributed by atoms with Gasteiger partial charge in [-0.15, -0.1) is 11.3 Å². The van der Waals surface area contributed by atoms with E-state index in [0.717, 1.165) is 4.88 Å². The van der Waals surface area contributed by atoms with Gasteiger partial charge in [0.25, 0.3) is 0 Å². The Bertz CT molecular complexity index is 352. The van der Waals surface area contributed by atoms with Crippen molar-refractivity contribution in [3.63, 3.8) is 0 Å². The zero-order chi connectivity index (χ0) is 10.6. The molecule has 76 valence electrons. The van der Waals surface area contributed by atoms with E-state index >= 15 is 0 Å². The number of nitrogens with two attached hydrogens (primary N) is 1. The van der Waals surface area contributed by atoms with E-state index in [0.29, 0.717) is 4.34 Å². The van der Waals surface area contributed by atoms with Crippen LogP contribution in [0.25, 0.3) is 0 Å². The first-order valence-electron chi connectivity index (χ1n) is 3.66. The summed E-state index contributed by atoms with van der Waals surface area (Å²) in [6.45, 7) is 0.268. The zero-order valence-electron chi connectivity index (χ0n) is 7.04. The van der Waals surface area contributed by atoms with Crippen LogP contribution in [0, 0.1) is 0 Å². The van der Waals surface area contributed by atoms with Gasteiger partial charge >= 0.3 is 11.8 Å². The van der Waals surface area contributed by atoms with E-state index in [4.69, 9.17) is 17.4 Å². The van der Waals surface area contributed by atoms with Gasteiger partial charge in [-0.25, -0.2) is 5.84 Å². The fraction of sp³-hybridized carbons (Fsp3) is 0.143. The molecular weight excluding hydrogens is 226 g/mol. The van der Waals surface area contributed by atoms with Crippen LogP contribution in [0.4, 0.5) is 0 Å². The number of hydrogen-bond donors (Lipinski definition) is 3. The lowest BCUT2D eigenvalue weighted by Gasteiger charge is -2.00. The first-order chi connectivity index (χ1) is 6.63. The molecule has 7 heteroatoms. The topological polar surface area (TPSA) is 84.2 Å². The molecule has 0 aliphatic rings. The molecule has 0 aliphatic carbocycles. The molecule has 1 rings (SSSR count). The molecule has 14 heavy (non-hydrogen) atoms. The van der Waals surface area contributed by atoms with E-state index in [1.165, 1.54) is 11.3 Å².